The molecule has 22 heavy (non-hydrogen) atoms. The molecule has 4 nitrogen and oxygen atoms in total. The number of hydrogen-bond donors (Lipinski definition) is 0. The second kappa shape index (κ2) is 6.32. The Morgan fingerprint density at radius 3 is 2.27 bits per heavy atom. The van der Waals surface area contributed by atoms with Crippen LogP contribution in [0.1, 0.15) is 6.92 Å². The molecule has 0 spiro atoms. The summed E-state index contributed by atoms with van der Waals surface area (Å²) < 4.78 is 32.4. The van der Waals surface area contributed by atoms with Crippen LogP contribution in [-0.4, -0.2) is 30.4 Å². The molecule has 3 rings (SSSR count). The normalized spacial score (nSPS) is 19.2. The molecule has 0 saturated carbocycles. The zero-order valence-corrected chi connectivity index (χ0v) is 13.8. The topological polar surface area (TPSA) is 46.6 Å². The zero-order chi connectivity index (χ0) is 15.6. The van der Waals surface area contributed by atoms with Crippen LogP contribution in [0.2, 0.25) is 0 Å². The van der Waals surface area contributed by atoms with Gasteiger partial charge in [-0.15, -0.1) is 11.8 Å². The fourth-order valence-corrected chi connectivity index (χ4v) is 5.36. The maximum atomic E-state index is 12.6. The van der Waals surface area contributed by atoms with Crippen LogP contribution >= 0.6 is 11.8 Å². The molecule has 0 radical (unpaired) electrons. The predicted molar refractivity (Wildman–Crippen MR) is 88.8 cm³/mol. The largest absolute Gasteiger partial charge is 0.457 e. The van der Waals surface area contributed by atoms with Crippen LogP contribution < -0.4 is 4.74 Å². The molecular formula is C16H17NO3S2. The minimum absolute atomic E-state index is 0.00903. The minimum Gasteiger partial charge on any atom is -0.457 e. The van der Waals surface area contributed by atoms with E-state index in [2.05, 4.69) is 0 Å². The number of thioether (sulfide) groups is 1. The Morgan fingerprint density at radius 2 is 1.68 bits per heavy atom. The van der Waals surface area contributed by atoms with Crippen molar-refractivity contribution in [1.29, 1.82) is 0 Å². The summed E-state index contributed by atoms with van der Waals surface area (Å²) in [6.45, 7) is 2.48. The van der Waals surface area contributed by atoms with E-state index in [9.17, 15) is 8.42 Å². The van der Waals surface area contributed by atoms with Crippen LogP contribution in [0.15, 0.2) is 59.5 Å². The summed E-state index contributed by atoms with van der Waals surface area (Å²) in [5, 5.41) is -0.00903. The van der Waals surface area contributed by atoms with Crippen molar-refractivity contribution in [3.63, 3.8) is 0 Å². The van der Waals surface area contributed by atoms with Gasteiger partial charge in [0, 0.05) is 12.3 Å². The molecule has 1 aliphatic rings. The Hall–Kier alpha value is -1.50. The highest BCUT2D eigenvalue weighted by molar-refractivity contribution is 8.01. The minimum atomic E-state index is -3.42. The molecule has 2 aromatic carbocycles. The van der Waals surface area contributed by atoms with Crippen molar-refractivity contribution in [1.82, 2.24) is 4.31 Å². The smallest absolute Gasteiger partial charge is 0.244 e. The van der Waals surface area contributed by atoms with E-state index >= 15 is 0 Å². The van der Waals surface area contributed by atoms with Gasteiger partial charge in [-0.05, 0) is 43.3 Å². The van der Waals surface area contributed by atoms with E-state index in [4.69, 9.17) is 4.74 Å². The van der Waals surface area contributed by atoms with Gasteiger partial charge in [-0.3, -0.25) is 0 Å². The summed E-state index contributed by atoms with van der Waals surface area (Å²) in [4.78, 5) is 0.308. The molecule has 1 aliphatic heterocycles. The first kappa shape index (κ1) is 15.4. The lowest BCUT2D eigenvalue weighted by Gasteiger charge is -2.20. The molecule has 1 fully saturated rings. The molecule has 1 unspecified atom stereocenters. The number of nitrogens with zero attached hydrogens (tertiary/aromatic N) is 1. The quantitative estimate of drug-likeness (QED) is 0.857. The van der Waals surface area contributed by atoms with Crippen molar-refractivity contribution >= 4 is 21.8 Å². The van der Waals surface area contributed by atoms with Gasteiger partial charge in [0.1, 0.15) is 11.5 Å². The first-order valence-electron chi connectivity index (χ1n) is 7.04. The van der Waals surface area contributed by atoms with Crippen LogP contribution in [0.25, 0.3) is 0 Å². The summed E-state index contributed by atoms with van der Waals surface area (Å²) >= 11 is 1.65. The lowest BCUT2D eigenvalue weighted by Crippen LogP contribution is -2.33. The Kier molecular flexibility index (Phi) is 4.42. The third-order valence-electron chi connectivity index (χ3n) is 3.49. The average Bonchev–Trinajstić information content (AvgIpc) is 2.96. The maximum Gasteiger partial charge on any atom is 0.244 e. The van der Waals surface area contributed by atoms with Crippen LogP contribution in [0, 0.1) is 0 Å². The molecule has 0 aromatic heterocycles. The predicted octanol–water partition coefficient (Wildman–Crippen LogP) is 3.56. The second-order valence-electron chi connectivity index (χ2n) is 4.97. The van der Waals surface area contributed by atoms with E-state index in [1.165, 1.54) is 0 Å². The number of hydrogen-bond acceptors (Lipinski definition) is 4. The highest BCUT2D eigenvalue weighted by atomic mass is 32.2. The molecular weight excluding hydrogens is 318 g/mol. The van der Waals surface area contributed by atoms with Crippen molar-refractivity contribution in [3.05, 3.63) is 54.6 Å². The molecule has 0 amide bonds. The molecule has 1 atom stereocenters. The Morgan fingerprint density at radius 1 is 1.05 bits per heavy atom. The van der Waals surface area contributed by atoms with E-state index in [0.29, 0.717) is 17.2 Å². The van der Waals surface area contributed by atoms with Gasteiger partial charge in [-0.25, -0.2) is 8.42 Å². The molecule has 0 aliphatic carbocycles. The number of ether oxygens (including phenoxy) is 1. The maximum absolute atomic E-state index is 12.6. The monoisotopic (exact) mass is 335 g/mol. The third kappa shape index (κ3) is 3.14. The molecule has 0 bridgehead atoms. The molecule has 1 saturated heterocycles. The number of rotatable bonds is 4. The third-order valence-corrected chi connectivity index (χ3v) is 6.76. The van der Waals surface area contributed by atoms with Gasteiger partial charge in [0.05, 0.1) is 10.3 Å². The van der Waals surface area contributed by atoms with Crippen LogP contribution in [-0.2, 0) is 10.0 Å². The van der Waals surface area contributed by atoms with Crippen LogP contribution in [0.4, 0.5) is 0 Å². The van der Waals surface area contributed by atoms with Gasteiger partial charge in [-0.1, -0.05) is 18.2 Å². The fourth-order valence-electron chi connectivity index (χ4n) is 2.33. The van der Waals surface area contributed by atoms with Crippen molar-refractivity contribution in [2.75, 3.05) is 12.3 Å². The van der Waals surface area contributed by atoms with Crippen LogP contribution in [0.5, 0.6) is 11.5 Å². The summed E-state index contributed by atoms with van der Waals surface area (Å²) in [6, 6.07) is 16.0. The average molecular weight is 335 g/mol. The van der Waals surface area contributed by atoms with Crippen LogP contribution in [0.3, 0.4) is 0 Å². The Balaban J connectivity index is 1.79. The van der Waals surface area contributed by atoms with E-state index < -0.39 is 10.0 Å². The molecule has 2 aromatic rings. The number of sulfonamides is 1. The molecule has 1 heterocycles. The second-order valence-corrected chi connectivity index (χ2v) is 8.29. The molecule has 116 valence electrons. The van der Waals surface area contributed by atoms with Crippen molar-refractivity contribution in [2.45, 2.75) is 17.2 Å². The fraction of sp³-hybridized carbons (Fsp3) is 0.250. The van der Waals surface area contributed by atoms with E-state index in [0.717, 1.165) is 11.5 Å². The van der Waals surface area contributed by atoms with E-state index in [1.807, 2.05) is 37.3 Å². The van der Waals surface area contributed by atoms with E-state index in [1.54, 1.807) is 40.3 Å². The van der Waals surface area contributed by atoms with Crippen molar-refractivity contribution < 1.29 is 13.2 Å². The lowest BCUT2D eigenvalue weighted by molar-refractivity contribution is 0.441. The van der Waals surface area contributed by atoms with E-state index in [-0.39, 0.29) is 5.37 Å². The summed E-state index contributed by atoms with van der Waals surface area (Å²) in [5.74, 6) is 2.19. The first-order valence-corrected chi connectivity index (χ1v) is 9.53. The van der Waals surface area contributed by atoms with Gasteiger partial charge in [0.25, 0.3) is 0 Å². The summed E-state index contributed by atoms with van der Waals surface area (Å²) in [5.41, 5.74) is 0. The van der Waals surface area contributed by atoms with Gasteiger partial charge >= 0.3 is 0 Å². The molecule has 0 N–H and O–H groups in total. The van der Waals surface area contributed by atoms with Gasteiger partial charge < -0.3 is 4.74 Å². The molecule has 6 heteroatoms. The van der Waals surface area contributed by atoms with Crippen molar-refractivity contribution in [2.24, 2.45) is 0 Å². The number of benzene rings is 2. The SMILES string of the molecule is CC1SCCN1S(=O)(=O)c1ccc(Oc2ccccc2)cc1. The lowest BCUT2D eigenvalue weighted by atomic mass is 10.3. The zero-order valence-electron chi connectivity index (χ0n) is 12.2. The Bertz CT molecular complexity index is 730. The summed E-state index contributed by atoms with van der Waals surface area (Å²) in [6.07, 6.45) is 0. The highest BCUT2D eigenvalue weighted by Crippen LogP contribution is 2.30. The highest BCUT2D eigenvalue weighted by Gasteiger charge is 2.33. The van der Waals surface area contributed by atoms with Gasteiger partial charge in [-0.2, -0.15) is 4.31 Å². The Labute approximate surface area is 135 Å². The van der Waals surface area contributed by atoms with Gasteiger partial charge in [0.15, 0.2) is 0 Å². The summed E-state index contributed by atoms with van der Waals surface area (Å²) in [7, 11) is -3.42. The first-order chi connectivity index (χ1) is 10.6. The van der Waals surface area contributed by atoms with Crippen molar-refractivity contribution in [3.8, 4) is 11.5 Å². The number of para-hydroxylation sites is 1. The standard InChI is InChI=1S/C16H17NO3S2/c1-13-17(11-12-21-13)22(18,19)16-9-7-15(8-10-16)20-14-5-3-2-4-6-14/h2-10,13H,11-12H2,1H3. The van der Waals surface area contributed by atoms with Gasteiger partial charge in [0.2, 0.25) is 10.0 Å².